The molecule has 0 aliphatic heterocycles. The first-order valence-corrected chi connectivity index (χ1v) is 12.8. The van der Waals surface area contributed by atoms with Crippen LogP contribution in [0.15, 0.2) is 72.8 Å². The van der Waals surface area contributed by atoms with E-state index in [1.54, 1.807) is 12.1 Å². The highest BCUT2D eigenvalue weighted by Crippen LogP contribution is 2.22. The molecule has 1 aromatic heterocycles. The first kappa shape index (κ1) is 25.4. The lowest BCUT2D eigenvalue weighted by Crippen LogP contribution is -2.25. The number of hydrogen-bond donors (Lipinski definition) is 1. The summed E-state index contributed by atoms with van der Waals surface area (Å²) in [4.78, 5) is 17.1. The monoisotopic (exact) mass is 487 g/mol. The number of rotatable bonds is 12. The highest BCUT2D eigenvalue weighted by Gasteiger charge is 2.12. The van der Waals surface area contributed by atoms with Crippen LogP contribution < -0.4 is 10.1 Å². The van der Waals surface area contributed by atoms with Crippen molar-refractivity contribution in [3.8, 4) is 5.75 Å². The summed E-state index contributed by atoms with van der Waals surface area (Å²) in [7, 11) is 0. The average Bonchev–Trinajstić information content (AvgIpc) is 3.26. The first-order valence-electron chi connectivity index (χ1n) is 12.8. The number of hydrogen-bond acceptors (Lipinski definition) is 3. The predicted octanol–water partition coefficient (Wildman–Crippen LogP) is 6.52. The molecule has 0 aliphatic carbocycles. The second kappa shape index (κ2) is 12.3. The van der Waals surface area contributed by atoms with Crippen molar-refractivity contribution in [3.63, 3.8) is 0 Å². The van der Waals surface area contributed by atoms with E-state index in [0.717, 1.165) is 42.0 Å². The number of halogens is 1. The Hall–Kier alpha value is -3.67. The molecule has 0 saturated heterocycles. The highest BCUT2D eigenvalue weighted by molar-refractivity contribution is 5.94. The number of benzene rings is 3. The van der Waals surface area contributed by atoms with E-state index in [-0.39, 0.29) is 5.56 Å². The Morgan fingerprint density at radius 3 is 2.56 bits per heavy atom. The van der Waals surface area contributed by atoms with E-state index in [2.05, 4.69) is 54.1 Å². The molecule has 1 amide bonds. The third kappa shape index (κ3) is 6.30. The van der Waals surface area contributed by atoms with E-state index in [1.165, 1.54) is 17.7 Å². The van der Waals surface area contributed by atoms with E-state index < -0.39 is 11.7 Å². The lowest BCUT2D eigenvalue weighted by molar-refractivity contribution is 0.0949. The Balaban J connectivity index is 1.31. The first-order chi connectivity index (χ1) is 17.6. The van der Waals surface area contributed by atoms with Gasteiger partial charge in [0.15, 0.2) is 0 Å². The van der Waals surface area contributed by atoms with Crippen LogP contribution in [0.25, 0.3) is 11.0 Å². The number of carbonyl (C=O) groups is 1. The maximum absolute atomic E-state index is 13.8. The quantitative estimate of drug-likeness (QED) is 0.232. The van der Waals surface area contributed by atoms with Crippen LogP contribution in [0, 0.1) is 5.82 Å². The number of amides is 1. The lowest BCUT2D eigenvalue weighted by Gasteiger charge is -2.12. The number of nitrogens with one attached hydrogen (secondary N) is 1. The summed E-state index contributed by atoms with van der Waals surface area (Å²) >= 11 is 0. The van der Waals surface area contributed by atoms with Crippen molar-refractivity contribution in [2.24, 2.45) is 0 Å². The molecule has 1 atom stereocenters. The minimum absolute atomic E-state index is 0.0688. The molecular formula is C30H34FN3O2. The van der Waals surface area contributed by atoms with Crippen molar-refractivity contribution in [1.29, 1.82) is 0 Å². The highest BCUT2D eigenvalue weighted by atomic mass is 19.1. The fourth-order valence-corrected chi connectivity index (χ4v) is 4.30. The van der Waals surface area contributed by atoms with E-state index in [1.807, 2.05) is 18.2 Å². The number of ether oxygens (including phenoxy) is 1. The molecule has 1 N–H and O–H groups in total. The zero-order valence-corrected chi connectivity index (χ0v) is 21.0. The summed E-state index contributed by atoms with van der Waals surface area (Å²) in [5.41, 5.74) is 3.47. The average molecular weight is 488 g/mol. The molecule has 1 heterocycles. The summed E-state index contributed by atoms with van der Waals surface area (Å²) in [6.45, 7) is 6.30. The molecule has 4 aromatic rings. The van der Waals surface area contributed by atoms with Crippen LogP contribution in [0.3, 0.4) is 0 Å². The van der Waals surface area contributed by atoms with Gasteiger partial charge < -0.3 is 14.6 Å². The van der Waals surface area contributed by atoms with Gasteiger partial charge in [0.1, 0.15) is 17.4 Å². The van der Waals surface area contributed by atoms with Gasteiger partial charge in [-0.1, -0.05) is 50.2 Å². The van der Waals surface area contributed by atoms with Gasteiger partial charge in [0.25, 0.3) is 5.91 Å². The third-order valence-corrected chi connectivity index (χ3v) is 6.57. The van der Waals surface area contributed by atoms with Crippen molar-refractivity contribution in [3.05, 3.63) is 95.6 Å². The topological polar surface area (TPSA) is 56.1 Å². The SMILES string of the molecule is CCC(C)c1ccc(OCCCn2c(CCCNC(=O)c3ccccc3F)nc3ccccc32)cc1. The Morgan fingerprint density at radius 2 is 1.78 bits per heavy atom. The van der Waals surface area contributed by atoms with Crippen molar-refractivity contribution in [1.82, 2.24) is 14.9 Å². The molecule has 36 heavy (non-hydrogen) atoms. The minimum atomic E-state index is -0.509. The van der Waals surface area contributed by atoms with Crippen molar-refractivity contribution < 1.29 is 13.9 Å². The van der Waals surface area contributed by atoms with E-state index in [0.29, 0.717) is 31.9 Å². The lowest BCUT2D eigenvalue weighted by atomic mass is 9.99. The van der Waals surface area contributed by atoms with Gasteiger partial charge in [0.2, 0.25) is 0 Å². The molecule has 0 radical (unpaired) electrons. The number of imidazole rings is 1. The van der Waals surface area contributed by atoms with Crippen LogP contribution in [0.4, 0.5) is 4.39 Å². The van der Waals surface area contributed by atoms with Gasteiger partial charge in [-0.2, -0.15) is 0 Å². The van der Waals surface area contributed by atoms with Gasteiger partial charge in [0, 0.05) is 19.5 Å². The molecule has 3 aromatic carbocycles. The Bertz CT molecular complexity index is 1280. The fraction of sp³-hybridized carbons (Fsp3) is 0.333. The maximum atomic E-state index is 13.8. The molecule has 4 rings (SSSR count). The van der Waals surface area contributed by atoms with Crippen molar-refractivity contribution in [2.75, 3.05) is 13.2 Å². The summed E-state index contributed by atoms with van der Waals surface area (Å²) in [5, 5.41) is 2.81. The number of carbonyl (C=O) groups excluding carboxylic acids is 1. The standard InChI is InChI=1S/C30H34FN3O2/c1-3-22(2)23-15-17-24(18-16-23)36-21-9-20-34-28-13-7-6-12-27(28)33-29(34)14-8-19-32-30(35)25-10-4-5-11-26(25)31/h4-7,10-13,15-18,22H,3,8-9,14,19-21H2,1-2H3,(H,32,35). The third-order valence-electron chi connectivity index (χ3n) is 6.57. The molecule has 0 saturated carbocycles. The number of para-hydroxylation sites is 2. The molecule has 1 unspecified atom stereocenters. The normalized spacial score (nSPS) is 12.0. The fourth-order valence-electron chi connectivity index (χ4n) is 4.30. The van der Waals surface area contributed by atoms with Gasteiger partial charge in [-0.05, 0) is 67.1 Å². The molecule has 6 heteroatoms. The maximum Gasteiger partial charge on any atom is 0.254 e. The molecule has 0 spiro atoms. The smallest absolute Gasteiger partial charge is 0.254 e. The number of aryl methyl sites for hydroxylation is 2. The second-order valence-electron chi connectivity index (χ2n) is 9.09. The van der Waals surface area contributed by atoms with Gasteiger partial charge >= 0.3 is 0 Å². The van der Waals surface area contributed by atoms with Crippen LogP contribution in [-0.2, 0) is 13.0 Å². The van der Waals surface area contributed by atoms with Crippen LogP contribution >= 0.6 is 0 Å². The Kier molecular flexibility index (Phi) is 8.71. The summed E-state index contributed by atoms with van der Waals surface area (Å²) in [5.74, 6) is 1.53. The molecule has 0 aliphatic rings. The largest absolute Gasteiger partial charge is 0.494 e. The van der Waals surface area contributed by atoms with Crippen LogP contribution in [-0.4, -0.2) is 28.6 Å². The van der Waals surface area contributed by atoms with Gasteiger partial charge in [-0.15, -0.1) is 0 Å². The Labute approximate surface area is 212 Å². The van der Waals surface area contributed by atoms with E-state index in [9.17, 15) is 9.18 Å². The van der Waals surface area contributed by atoms with Crippen LogP contribution in [0.5, 0.6) is 5.75 Å². The van der Waals surface area contributed by atoms with Crippen LogP contribution in [0.2, 0.25) is 0 Å². The van der Waals surface area contributed by atoms with Gasteiger partial charge in [-0.25, -0.2) is 9.37 Å². The number of fused-ring (bicyclic) bond motifs is 1. The van der Waals surface area contributed by atoms with Crippen molar-refractivity contribution in [2.45, 2.75) is 52.0 Å². The molecule has 5 nitrogen and oxygen atoms in total. The van der Waals surface area contributed by atoms with Gasteiger partial charge in [-0.3, -0.25) is 4.79 Å². The number of aromatic nitrogens is 2. The van der Waals surface area contributed by atoms with E-state index >= 15 is 0 Å². The minimum Gasteiger partial charge on any atom is -0.494 e. The molecular weight excluding hydrogens is 453 g/mol. The Morgan fingerprint density at radius 1 is 1.03 bits per heavy atom. The summed E-state index contributed by atoms with van der Waals surface area (Å²) in [6, 6.07) is 22.5. The van der Waals surface area contributed by atoms with Gasteiger partial charge in [0.05, 0.1) is 23.2 Å². The molecule has 0 bridgehead atoms. The zero-order chi connectivity index (χ0) is 25.3. The molecule has 0 fully saturated rings. The number of nitrogens with zero attached hydrogens (tertiary/aromatic N) is 2. The predicted molar refractivity (Wildman–Crippen MR) is 142 cm³/mol. The second-order valence-corrected chi connectivity index (χ2v) is 9.09. The summed E-state index contributed by atoms with van der Waals surface area (Å²) in [6.07, 6.45) is 3.40. The van der Waals surface area contributed by atoms with Crippen molar-refractivity contribution >= 4 is 16.9 Å². The zero-order valence-electron chi connectivity index (χ0n) is 21.0. The summed E-state index contributed by atoms with van der Waals surface area (Å²) < 4.78 is 22.1. The van der Waals surface area contributed by atoms with E-state index in [4.69, 9.17) is 9.72 Å². The molecule has 188 valence electrons. The van der Waals surface area contributed by atoms with Crippen LogP contribution in [0.1, 0.15) is 60.8 Å².